The lowest BCUT2D eigenvalue weighted by atomic mass is 10.1. The van der Waals surface area contributed by atoms with Gasteiger partial charge in [-0.3, -0.25) is 5.10 Å². The van der Waals surface area contributed by atoms with Gasteiger partial charge in [0.25, 0.3) is 0 Å². The Labute approximate surface area is 106 Å². The standard InChI is InChI=1S/C14H18FN3/c1-14(2,3)16-9-12-8-13(18-17-12)10-5-4-6-11(15)7-10/h4-8,16H,9H2,1-3H3,(H,17,18). The summed E-state index contributed by atoms with van der Waals surface area (Å²) in [5.41, 5.74) is 2.60. The van der Waals surface area contributed by atoms with Gasteiger partial charge in [0, 0.05) is 23.3 Å². The van der Waals surface area contributed by atoms with Crippen LogP contribution in [0, 0.1) is 5.82 Å². The Balaban J connectivity index is 2.11. The largest absolute Gasteiger partial charge is 0.306 e. The molecule has 0 amide bonds. The highest BCUT2D eigenvalue weighted by atomic mass is 19.1. The number of nitrogens with zero attached hydrogens (tertiary/aromatic N) is 1. The first-order valence-electron chi connectivity index (χ1n) is 5.99. The van der Waals surface area contributed by atoms with Crippen LogP contribution in [0.15, 0.2) is 30.3 Å². The van der Waals surface area contributed by atoms with E-state index in [0.717, 1.165) is 17.0 Å². The molecule has 4 heteroatoms. The molecule has 0 fully saturated rings. The molecule has 0 atom stereocenters. The monoisotopic (exact) mass is 247 g/mol. The Bertz CT molecular complexity index is 526. The summed E-state index contributed by atoms with van der Waals surface area (Å²) in [6.45, 7) is 7.04. The maximum atomic E-state index is 13.1. The van der Waals surface area contributed by atoms with Crippen LogP contribution >= 0.6 is 0 Å². The number of aromatic nitrogens is 2. The molecule has 1 heterocycles. The highest BCUT2D eigenvalue weighted by Crippen LogP contribution is 2.18. The fraction of sp³-hybridized carbons (Fsp3) is 0.357. The third kappa shape index (κ3) is 3.40. The smallest absolute Gasteiger partial charge is 0.123 e. The van der Waals surface area contributed by atoms with E-state index in [9.17, 15) is 4.39 Å². The van der Waals surface area contributed by atoms with E-state index in [0.29, 0.717) is 6.54 Å². The number of halogens is 1. The van der Waals surface area contributed by atoms with Crippen LogP contribution < -0.4 is 5.32 Å². The fourth-order valence-corrected chi connectivity index (χ4v) is 1.61. The van der Waals surface area contributed by atoms with Gasteiger partial charge in [0.15, 0.2) is 0 Å². The van der Waals surface area contributed by atoms with E-state index in [4.69, 9.17) is 0 Å². The molecule has 0 saturated heterocycles. The van der Waals surface area contributed by atoms with Crippen molar-refractivity contribution in [1.29, 1.82) is 0 Å². The first-order chi connectivity index (χ1) is 8.44. The number of aromatic amines is 1. The van der Waals surface area contributed by atoms with Crippen LogP contribution in [0.1, 0.15) is 26.5 Å². The van der Waals surface area contributed by atoms with Crippen LogP contribution in [-0.4, -0.2) is 15.7 Å². The minimum atomic E-state index is -0.245. The summed E-state index contributed by atoms with van der Waals surface area (Å²) in [5, 5.41) is 10.5. The van der Waals surface area contributed by atoms with Gasteiger partial charge in [-0.25, -0.2) is 4.39 Å². The van der Waals surface area contributed by atoms with Crippen molar-refractivity contribution in [3.8, 4) is 11.3 Å². The molecule has 2 rings (SSSR count). The van der Waals surface area contributed by atoms with E-state index in [1.165, 1.54) is 12.1 Å². The van der Waals surface area contributed by atoms with Gasteiger partial charge < -0.3 is 5.32 Å². The topological polar surface area (TPSA) is 40.7 Å². The van der Waals surface area contributed by atoms with Crippen molar-refractivity contribution in [2.75, 3.05) is 0 Å². The predicted octanol–water partition coefficient (Wildman–Crippen LogP) is 3.10. The van der Waals surface area contributed by atoms with E-state index in [-0.39, 0.29) is 11.4 Å². The van der Waals surface area contributed by atoms with Crippen molar-refractivity contribution in [2.45, 2.75) is 32.9 Å². The molecule has 0 saturated carbocycles. The molecule has 1 aromatic heterocycles. The Hall–Kier alpha value is -1.68. The zero-order chi connectivity index (χ0) is 13.2. The van der Waals surface area contributed by atoms with Crippen LogP contribution in [-0.2, 0) is 6.54 Å². The highest BCUT2D eigenvalue weighted by Gasteiger charge is 2.10. The molecule has 96 valence electrons. The van der Waals surface area contributed by atoms with Crippen LogP contribution in [0.25, 0.3) is 11.3 Å². The molecule has 3 nitrogen and oxygen atoms in total. The Morgan fingerprint density at radius 1 is 1.28 bits per heavy atom. The van der Waals surface area contributed by atoms with Crippen molar-refractivity contribution in [1.82, 2.24) is 15.5 Å². The maximum Gasteiger partial charge on any atom is 0.123 e. The van der Waals surface area contributed by atoms with Gasteiger partial charge in [0.1, 0.15) is 5.82 Å². The van der Waals surface area contributed by atoms with Crippen LogP contribution in [0.5, 0.6) is 0 Å². The summed E-state index contributed by atoms with van der Waals surface area (Å²) in [6, 6.07) is 8.38. The second-order valence-corrected chi connectivity index (χ2v) is 5.39. The summed E-state index contributed by atoms with van der Waals surface area (Å²) in [5.74, 6) is -0.245. The van der Waals surface area contributed by atoms with E-state index in [1.807, 2.05) is 12.1 Å². The molecule has 0 spiro atoms. The predicted molar refractivity (Wildman–Crippen MR) is 70.6 cm³/mol. The summed E-state index contributed by atoms with van der Waals surface area (Å²) >= 11 is 0. The molecule has 0 aliphatic carbocycles. The van der Waals surface area contributed by atoms with Crippen LogP contribution in [0.3, 0.4) is 0 Å². The minimum Gasteiger partial charge on any atom is -0.306 e. The number of benzene rings is 1. The van der Waals surface area contributed by atoms with Crippen LogP contribution in [0.4, 0.5) is 4.39 Å². The Morgan fingerprint density at radius 3 is 2.72 bits per heavy atom. The van der Waals surface area contributed by atoms with Gasteiger partial charge in [-0.05, 0) is 39.0 Å². The number of hydrogen-bond acceptors (Lipinski definition) is 2. The second-order valence-electron chi connectivity index (χ2n) is 5.39. The summed E-state index contributed by atoms with van der Waals surface area (Å²) in [6.07, 6.45) is 0. The molecule has 18 heavy (non-hydrogen) atoms. The zero-order valence-corrected chi connectivity index (χ0v) is 10.9. The van der Waals surface area contributed by atoms with Crippen molar-refractivity contribution >= 4 is 0 Å². The first kappa shape index (κ1) is 12.8. The number of hydrogen-bond donors (Lipinski definition) is 2. The highest BCUT2D eigenvalue weighted by molar-refractivity contribution is 5.59. The molecule has 0 aliphatic heterocycles. The third-order valence-corrected chi connectivity index (χ3v) is 2.56. The van der Waals surface area contributed by atoms with Crippen molar-refractivity contribution in [3.05, 3.63) is 41.8 Å². The molecule has 2 aromatic rings. The van der Waals surface area contributed by atoms with Gasteiger partial charge in [-0.15, -0.1) is 0 Å². The summed E-state index contributed by atoms with van der Waals surface area (Å²) in [7, 11) is 0. The molecular formula is C14H18FN3. The van der Waals surface area contributed by atoms with E-state index in [2.05, 4.69) is 36.3 Å². The number of H-pyrrole nitrogens is 1. The van der Waals surface area contributed by atoms with Crippen molar-refractivity contribution in [2.24, 2.45) is 0 Å². The zero-order valence-electron chi connectivity index (χ0n) is 10.9. The SMILES string of the molecule is CC(C)(C)NCc1cc(-c2cccc(F)c2)n[nH]1. The lowest BCUT2D eigenvalue weighted by molar-refractivity contribution is 0.421. The van der Waals surface area contributed by atoms with E-state index < -0.39 is 0 Å². The Morgan fingerprint density at radius 2 is 2.06 bits per heavy atom. The second kappa shape index (κ2) is 4.90. The molecule has 0 unspecified atom stereocenters. The lowest BCUT2D eigenvalue weighted by Crippen LogP contribution is -2.35. The van der Waals surface area contributed by atoms with Gasteiger partial charge in [0.2, 0.25) is 0 Å². The van der Waals surface area contributed by atoms with Gasteiger partial charge in [0.05, 0.1) is 5.69 Å². The normalized spacial score (nSPS) is 11.8. The fourth-order valence-electron chi connectivity index (χ4n) is 1.61. The van der Waals surface area contributed by atoms with E-state index >= 15 is 0 Å². The van der Waals surface area contributed by atoms with E-state index in [1.54, 1.807) is 6.07 Å². The molecule has 2 N–H and O–H groups in total. The molecule has 1 aromatic carbocycles. The molecular weight excluding hydrogens is 229 g/mol. The lowest BCUT2D eigenvalue weighted by Gasteiger charge is -2.19. The van der Waals surface area contributed by atoms with Crippen molar-refractivity contribution < 1.29 is 4.39 Å². The third-order valence-electron chi connectivity index (χ3n) is 2.56. The number of rotatable bonds is 3. The molecule has 0 aliphatic rings. The average molecular weight is 247 g/mol. The van der Waals surface area contributed by atoms with Gasteiger partial charge >= 0.3 is 0 Å². The Kier molecular flexibility index (Phi) is 3.48. The molecule has 0 bridgehead atoms. The number of nitrogens with one attached hydrogen (secondary N) is 2. The molecule has 0 radical (unpaired) electrons. The average Bonchev–Trinajstić information content (AvgIpc) is 2.74. The summed E-state index contributed by atoms with van der Waals surface area (Å²) < 4.78 is 13.1. The van der Waals surface area contributed by atoms with Crippen molar-refractivity contribution in [3.63, 3.8) is 0 Å². The van der Waals surface area contributed by atoms with Gasteiger partial charge in [-0.1, -0.05) is 12.1 Å². The quantitative estimate of drug-likeness (QED) is 0.875. The summed E-state index contributed by atoms with van der Waals surface area (Å²) in [4.78, 5) is 0. The van der Waals surface area contributed by atoms with Gasteiger partial charge in [-0.2, -0.15) is 5.10 Å². The maximum absolute atomic E-state index is 13.1. The minimum absolute atomic E-state index is 0.0597. The first-order valence-corrected chi connectivity index (χ1v) is 5.99. The van der Waals surface area contributed by atoms with Crippen LogP contribution in [0.2, 0.25) is 0 Å².